The molecular formula is C16H34N2O2. The van der Waals surface area contributed by atoms with Gasteiger partial charge in [0, 0.05) is 32.3 Å². The van der Waals surface area contributed by atoms with Gasteiger partial charge in [0.1, 0.15) is 0 Å². The number of hydrogen-bond acceptors (Lipinski definition) is 4. The lowest BCUT2D eigenvalue weighted by molar-refractivity contribution is 0.0352. The van der Waals surface area contributed by atoms with Gasteiger partial charge in [0.15, 0.2) is 0 Å². The summed E-state index contributed by atoms with van der Waals surface area (Å²) in [6.07, 6.45) is 7.23. The van der Waals surface area contributed by atoms with Crippen LogP contribution in [0.1, 0.15) is 52.4 Å². The Labute approximate surface area is 124 Å². The second-order valence-electron chi connectivity index (χ2n) is 5.85. The van der Waals surface area contributed by atoms with Gasteiger partial charge in [0.05, 0.1) is 12.7 Å². The summed E-state index contributed by atoms with van der Waals surface area (Å²) >= 11 is 0. The van der Waals surface area contributed by atoms with E-state index in [-0.39, 0.29) is 6.10 Å². The van der Waals surface area contributed by atoms with Gasteiger partial charge >= 0.3 is 0 Å². The maximum Gasteiger partial charge on any atom is 0.0897 e. The molecule has 1 aliphatic rings. The van der Waals surface area contributed by atoms with Crippen LogP contribution in [0.2, 0.25) is 0 Å². The Morgan fingerprint density at radius 1 is 1.25 bits per heavy atom. The molecule has 0 aromatic rings. The second kappa shape index (κ2) is 11.5. The van der Waals surface area contributed by atoms with Crippen LogP contribution < -0.4 is 5.32 Å². The standard InChI is InChI=1S/C16H34N2O2/c1-3-5-6-7-12-20-14-16(19)13-17-10-11-18(4-2)15-8-9-15/h15-17,19H,3-14H2,1-2H3. The molecule has 1 unspecified atom stereocenters. The molecule has 2 N–H and O–H groups in total. The van der Waals surface area contributed by atoms with E-state index in [1.807, 2.05) is 0 Å². The largest absolute Gasteiger partial charge is 0.389 e. The van der Waals surface area contributed by atoms with Crippen LogP contribution in [0.15, 0.2) is 0 Å². The van der Waals surface area contributed by atoms with Crippen LogP contribution in [-0.2, 0) is 4.74 Å². The fourth-order valence-corrected chi connectivity index (χ4v) is 2.44. The minimum absolute atomic E-state index is 0.378. The summed E-state index contributed by atoms with van der Waals surface area (Å²) in [5, 5.41) is 13.1. The van der Waals surface area contributed by atoms with E-state index < -0.39 is 0 Å². The van der Waals surface area contributed by atoms with Gasteiger partial charge in [0.25, 0.3) is 0 Å². The minimum Gasteiger partial charge on any atom is -0.389 e. The van der Waals surface area contributed by atoms with Crippen molar-refractivity contribution in [3.05, 3.63) is 0 Å². The van der Waals surface area contributed by atoms with Gasteiger partial charge in [-0.25, -0.2) is 0 Å². The Morgan fingerprint density at radius 2 is 2.05 bits per heavy atom. The average Bonchev–Trinajstić information content (AvgIpc) is 3.27. The van der Waals surface area contributed by atoms with Crippen LogP contribution in [0.3, 0.4) is 0 Å². The Bertz CT molecular complexity index is 223. The van der Waals surface area contributed by atoms with Gasteiger partial charge in [-0.1, -0.05) is 33.1 Å². The van der Waals surface area contributed by atoms with Gasteiger partial charge in [-0.2, -0.15) is 0 Å². The van der Waals surface area contributed by atoms with E-state index in [0.717, 1.165) is 38.7 Å². The molecule has 0 aromatic carbocycles. The third-order valence-corrected chi connectivity index (χ3v) is 3.88. The summed E-state index contributed by atoms with van der Waals surface area (Å²) < 4.78 is 5.49. The molecule has 0 radical (unpaired) electrons. The van der Waals surface area contributed by atoms with Gasteiger partial charge in [-0.05, 0) is 25.8 Å². The summed E-state index contributed by atoms with van der Waals surface area (Å²) in [7, 11) is 0. The van der Waals surface area contributed by atoms with Crippen molar-refractivity contribution in [1.29, 1.82) is 0 Å². The zero-order valence-electron chi connectivity index (χ0n) is 13.4. The smallest absolute Gasteiger partial charge is 0.0897 e. The van der Waals surface area contributed by atoms with E-state index in [9.17, 15) is 5.11 Å². The van der Waals surface area contributed by atoms with E-state index in [4.69, 9.17) is 4.74 Å². The molecule has 4 nitrogen and oxygen atoms in total. The monoisotopic (exact) mass is 286 g/mol. The van der Waals surface area contributed by atoms with E-state index in [2.05, 4.69) is 24.1 Å². The van der Waals surface area contributed by atoms with Crippen molar-refractivity contribution in [1.82, 2.24) is 10.2 Å². The molecule has 0 heterocycles. The Balaban J connectivity index is 1.85. The topological polar surface area (TPSA) is 44.7 Å². The molecule has 1 aliphatic carbocycles. The highest BCUT2D eigenvalue weighted by atomic mass is 16.5. The molecule has 1 saturated carbocycles. The number of aliphatic hydroxyl groups excluding tert-OH is 1. The van der Waals surface area contributed by atoms with Crippen LogP contribution in [0.4, 0.5) is 0 Å². The molecule has 0 aromatic heterocycles. The lowest BCUT2D eigenvalue weighted by Gasteiger charge is -2.20. The van der Waals surface area contributed by atoms with Crippen LogP contribution >= 0.6 is 0 Å². The van der Waals surface area contributed by atoms with E-state index >= 15 is 0 Å². The molecule has 4 heteroatoms. The molecular weight excluding hydrogens is 252 g/mol. The zero-order chi connectivity index (χ0) is 14.6. The number of nitrogens with one attached hydrogen (secondary N) is 1. The van der Waals surface area contributed by atoms with Gasteiger partial charge in [-0.3, -0.25) is 4.90 Å². The maximum atomic E-state index is 9.79. The fraction of sp³-hybridized carbons (Fsp3) is 1.00. The summed E-state index contributed by atoms with van der Waals surface area (Å²) in [6.45, 7) is 9.48. The summed E-state index contributed by atoms with van der Waals surface area (Å²) in [4.78, 5) is 2.52. The highest BCUT2D eigenvalue weighted by molar-refractivity contribution is 4.84. The van der Waals surface area contributed by atoms with Gasteiger partial charge < -0.3 is 15.2 Å². The number of likely N-dealkylation sites (N-methyl/N-ethyl adjacent to an activating group) is 1. The Kier molecular flexibility index (Phi) is 10.3. The zero-order valence-corrected chi connectivity index (χ0v) is 13.4. The normalized spacial score (nSPS) is 16.8. The lowest BCUT2D eigenvalue weighted by Crippen LogP contribution is -2.37. The van der Waals surface area contributed by atoms with Crippen LogP contribution in [0, 0.1) is 0 Å². The van der Waals surface area contributed by atoms with Crippen molar-refractivity contribution in [3.8, 4) is 0 Å². The summed E-state index contributed by atoms with van der Waals surface area (Å²) in [6, 6.07) is 0.832. The molecule has 120 valence electrons. The first-order valence-corrected chi connectivity index (χ1v) is 8.48. The second-order valence-corrected chi connectivity index (χ2v) is 5.85. The third kappa shape index (κ3) is 8.90. The number of nitrogens with zero attached hydrogens (tertiary/aromatic N) is 1. The average molecular weight is 286 g/mol. The number of ether oxygens (including phenoxy) is 1. The first-order chi connectivity index (χ1) is 9.77. The molecule has 20 heavy (non-hydrogen) atoms. The molecule has 0 saturated heterocycles. The van der Waals surface area contributed by atoms with Gasteiger partial charge in [-0.15, -0.1) is 0 Å². The minimum atomic E-state index is -0.378. The van der Waals surface area contributed by atoms with E-state index in [1.54, 1.807) is 0 Å². The molecule has 1 rings (SSSR count). The first kappa shape index (κ1) is 17.9. The SMILES string of the molecule is CCCCCCOCC(O)CNCCN(CC)C1CC1. The van der Waals surface area contributed by atoms with Crippen LogP contribution in [0.5, 0.6) is 0 Å². The van der Waals surface area contributed by atoms with E-state index in [1.165, 1.54) is 32.1 Å². The molecule has 1 fully saturated rings. The highest BCUT2D eigenvalue weighted by Gasteiger charge is 2.26. The summed E-state index contributed by atoms with van der Waals surface area (Å²) in [5.74, 6) is 0. The first-order valence-electron chi connectivity index (χ1n) is 8.48. The molecule has 0 spiro atoms. The third-order valence-electron chi connectivity index (χ3n) is 3.88. The highest BCUT2D eigenvalue weighted by Crippen LogP contribution is 2.25. The fourth-order valence-electron chi connectivity index (χ4n) is 2.44. The number of hydrogen-bond donors (Lipinski definition) is 2. The molecule has 1 atom stereocenters. The maximum absolute atomic E-state index is 9.79. The molecule has 0 amide bonds. The summed E-state index contributed by atoms with van der Waals surface area (Å²) in [5.41, 5.74) is 0. The molecule has 0 bridgehead atoms. The number of rotatable bonds is 14. The van der Waals surface area contributed by atoms with Crippen molar-refractivity contribution in [2.24, 2.45) is 0 Å². The van der Waals surface area contributed by atoms with E-state index in [0.29, 0.717) is 13.2 Å². The predicted molar refractivity (Wildman–Crippen MR) is 84.1 cm³/mol. The lowest BCUT2D eigenvalue weighted by atomic mass is 10.2. The van der Waals surface area contributed by atoms with Crippen LogP contribution in [-0.4, -0.2) is 61.5 Å². The van der Waals surface area contributed by atoms with Crippen molar-refractivity contribution in [2.75, 3.05) is 39.4 Å². The Morgan fingerprint density at radius 3 is 2.70 bits per heavy atom. The Hall–Kier alpha value is -0.160. The van der Waals surface area contributed by atoms with Crippen molar-refractivity contribution < 1.29 is 9.84 Å². The quantitative estimate of drug-likeness (QED) is 0.480. The van der Waals surface area contributed by atoms with Crippen molar-refractivity contribution in [2.45, 2.75) is 64.5 Å². The van der Waals surface area contributed by atoms with Crippen LogP contribution in [0.25, 0.3) is 0 Å². The predicted octanol–water partition coefficient (Wildman–Crippen LogP) is 2.02. The van der Waals surface area contributed by atoms with Crippen molar-refractivity contribution in [3.63, 3.8) is 0 Å². The molecule has 0 aliphatic heterocycles. The van der Waals surface area contributed by atoms with Gasteiger partial charge in [0.2, 0.25) is 0 Å². The number of unbranched alkanes of at least 4 members (excludes halogenated alkanes) is 3. The number of aliphatic hydroxyl groups is 1. The van der Waals surface area contributed by atoms with Crippen molar-refractivity contribution >= 4 is 0 Å².